The van der Waals surface area contributed by atoms with E-state index in [2.05, 4.69) is 24.9 Å². The molecule has 3 aliphatic rings. The third kappa shape index (κ3) is 5.11. The molecular weight excluding hydrogens is 644 g/mol. The number of nitrogens with one attached hydrogen (secondary N) is 1. The van der Waals surface area contributed by atoms with Gasteiger partial charge in [0, 0.05) is 36.3 Å². The summed E-state index contributed by atoms with van der Waals surface area (Å²) in [6.07, 6.45) is 0.370. The molecule has 1 aliphatic carbocycles. The minimum atomic E-state index is -4.12. The zero-order valence-electron chi connectivity index (χ0n) is 24.1. The van der Waals surface area contributed by atoms with Gasteiger partial charge in [-0.25, -0.2) is 32.0 Å². The second kappa shape index (κ2) is 11.2. The van der Waals surface area contributed by atoms with Crippen LogP contribution in [0.15, 0.2) is 29.4 Å². The summed E-state index contributed by atoms with van der Waals surface area (Å²) in [5, 5.41) is 27.3. The van der Waals surface area contributed by atoms with Crippen molar-refractivity contribution in [3.05, 3.63) is 35.2 Å². The summed E-state index contributed by atoms with van der Waals surface area (Å²) in [6, 6.07) is 5.74. The number of carboxylic acid groups (broad SMARTS) is 1. The number of sulfonamides is 1. The molecule has 1 aromatic carbocycles. The molecular formula is C28H27F2N9O5S2. The Morgan fingerprint density at radius 3 is 2.54 bits per heavy atom. The number of aromatic nitrogens is 5. The van der Waals surface area contributed by atoms with Crippen LogP contribution in [0.4, 0.5) is 13.6 Å². The number of nitrogens with zero attached hydrogens (tertiary/aromatic N) is 8. The van der Waals surface area contributed by atoms with E-state index in [4.69, 9.17) is 0 Å². The Labute approximate surface area is 264 Å². The highest BCUT2D eigenvalue weighted by molar-refractivity contribution is 7.89. The summed E-state index contributed by atoms with van der Waals surface area (Å²) in [6.45, 7) is 1.11. The van der Waals surface area contributed by atoms with Gasteiger partial charge in [0.1, 0.15) is 17.9 Å². The van der Waals surface area contributed by atoms with Crippen molar-refractivity contribution in [2.45, 2.75) is 67.3 Å². The fourth-order valence-electron chi connectivity index (χ4n) is 6.43. The van der Waals surface area contributed by atoms with E-state index >= 15 is 0 Å². The van der Waals surface area contributed by atoms with Crippen molar-refractivity contribution in [1.82, 2.24) is 39.3 Å². The number of hydrogen-bond donors (Lipinski definition) is 2. The highest BCUT2D eigenvalue weighted by atomic mass is 32.2. The average Bonchev–Trinajstić information content (AvgIpc) is 3.40. The Kier molecular flexibility index (Phi) is 7.36. The van der Waals surface area contributed by atoms with Gasteiger partial charge in [-0.15, -0.1) is 10.2 Å². The van der Waals surface area contributed by atoms with Gasteiger partial charge >= 0.3 is 6.09 Å². The van der Waals surface area contributed by atoms with Gasteiger partial charge in [-0.05, 0) is 50.7 Å². The molecule has 14 nitrogen and oxygen atoms in total. The van der Waals surface area contributed by atoms with Crippen LogP contribution in [0.2, 0.25) is 0 Å². The molecule has 4 aromatic rings. The maximum atomic E-state index is 13.5. The fraction of sp³-hybridized carbons (Fsp3) is 0.464. The van der Waals surface area contributed by atoms with E-state index in [1.807, 2.05) is 6.07 Å². The summed E-state index contributed by atoms with van der Waals surface area (Å²) in [5.41, 5.74) is 0.171. The second-order valence-corrected chi connectivity index (χ2v) is 14.4. The van der Waals surface area contributed by atoms with Crippen LogP contribution in [0.25, 0.3) is 27.1 Å². The van der Waals surface area contributed by atoms with E-state index in [9.17, 15) is 37.2 Å². The molecule has 7 rings (SSSR count). The van der Waals surface area contributed by atoms with Gasteiger partial charge in [-0.1, -0.05) is 17.4 Å². The smallest absolute Gasteiger partial charge is 0.407 e. The van der Waals surface area contributed by atoms with Crippen molar-refractivity contribution in [2.24, 2.45) is 0 Å². The number of carbonyl (C=O) groups is 2. The first-order chi connectivity index (χ1) is 22.0. The normalized spacial score (nSPS) is 20.1. The molecule has 240 valence electrons. The molecule has 1 unspecified atom stereocenters. The largest absolute Gasteiger partial charge is 0.465 e. The summed E-state index contributed by atoms with van der Waals surface area (Å²) in [5.74, 6) is -0.338. The molecule has 2 amide bonds. The zero-order chi connectivity index (χ0) is 32.4. The lowest BCUT2D eigenvalue weighted by Crippen LogP contribution is -2.49. The number of likely N-dealkylation sites (tertiary alicyclic amines) is 2. The van der Waals surface area contributed by atoms with Crippen molar-refractivity contribution >= 4 is 55.3 Å². The first-order valence-corrected chi connectivity index (χ1v) is 17.0. The molecule has 5 heterocycles. The van der Waals surface area contributed by atoms with Gasteiger partial charge in [0.25, 0.3) is 6.43 Å². The Morgan fingerprint density at radius 1 is 1.13 bits per heavy atom. The van der Waals surface area contributed by atoms with Crippen LogP contribution < -0.4 is 4.72 Å². The Morgan fingerprint density at radius 2 is 1.89 bits per heavy atom. The van der Waals surface area contributed by atoms with Gasteiger partial charge in [0.15, 0.2) is 10.7 Å². The van der Waals surface area contributed by atoms with Gasteiger partial charge in [-0.2, -0.15) is 9.98 Å². The summed E-state index contributed by atoms with van der Waals surface area (Å²) >= 11 is 0.657. The summed E-state index contributed by atoms with van der Waals surface area (Å²) in [7, 11) is -4.12. The van der Waals surface area contributed by atoms with Crippen LogP contribution in [0.5, 0.6) is 0 Å². The van der Waals surface area contributed by atoms with Crippen molar-refractivity contribution in [2.75, 3.05) is 19.6 Å². The van der Waals surface area contributed by atoms with E-state index in [0.29, 0.717) is 97.1 Å². The highest BCUT2D eigenvalue weighted by Crippen LogP contribution is 2.41. The van der Waals surface area contributed by atoms with Crippen molar-refractivity contribution in [3.8, 4) is 11.2 Å². The van der Waals surface area contributed by atoms with Crippen LogP contribution in [0.1, 0.15) is 61.6 Å². The maximum Gasteiger partial charge on any atom is 0.407 e. The number of piperidine rings is 1. The lowest BCUT2D eigenvalue weighted by molar-refractivity contribution is -0.136. The number of amides is 2. The van der Waals surface area contributed by atoms with Crippen LogP contribution in [-0.4, -0.2) is 91.3 Å². The first kappa shape index (κ1) is 30.3. The molecule has 2 N–H and O–H groups in total. The number of rotatable bonds is 7. The van der Waals surface area contributed by atoms with Gasteiger partial charge in [0.2, 0.25) is 21.1 Å². The number of halogens is 2. The quantitative estimate of drug-likeness (QED) is 0.294. The zero-order valence-corrected chi connectivity index (χ0v) is 25.8. The Hall–Kier alpha value is -4.34. The molecule has 46 heavy (non-hydrogen) atoms. The molecule has 2 aliphatic heterocycles. The minimum Gasteiger partial charge on any atom is -0.465 e. The number of hydrogen-bond acceptors (Lipinski definition) is 10. The standard InChI is InChI=1S/C28H27F2N9O5S2/c29-22(30)24-34-35-26(45-24)39-19-12-16(46(43,44)36-28(13-31)7-8-28)3-4-17(19)20-21(32-14-33-23(20)39)15-5-10-37(11-6-15)25(40)18-2-1-9-38(18)27(41)42/h3-4,12,14-15,18,22,36H,1-2,5-11H2,(H,41,42). The molecule has 1 atom stereocenters. The second-order valence-electron chi connectivity index (χ2n) is 11.7. The number of benzene rings is 1. The van der Waals surface area contributed by atoms with E-state index in [0.717, 1.165) is 0 Å². The van der Waals surface area contributed by atoms with Crippen LogP contribution in [-0.2, 0) is 14.8 Å². The van der Waals surface area contributed by atoms with Crippen molar-refractivity contribution in [3.63, 3.8) is 0 Å². The third-order valence-electron chi connectivity index (χ3n) is 8.94. The number of carbonyl (C=O) groups excluding carboxylic acids is 1. The van der Waals surface area contributed by atoms with E-state index in [1.165, 1.54) is 27.9 Å². The van der Waals surface area contributed by atoms with Gasteiger partial charge in [-0.3, -0.25) is 14.3 Å². The van der Waals surface area contributed by atoms with E-state index in [-0.39, 0.29) is 21.9 Å². The van der Waals surface area contributed by atoms with Gasteiger partial charge in [0.05, 0.1) is 22.2 Å². The molecule has 3 fully saturated rings. The Bertz CT molecular complexity index is 2030. The molecule has 1 saturated carbocycles. The predicted octanol–water partition coefficient (Wildman–Crippen LogP) is 3.55. The summed E-state index contributed by atoms with van der Waals surface area (Å²) < 4.78 is 57.6. The third-order valence-corrected chi connectivity index (χ3v) is 11.4. The lowest BCUT2D eigenvalue weighted by atomic mass is 9.90. The molecule has 0 radical (unpaired) electrons. The maximum absolute atomic E-state index is 13.5. The molecule has 2 saturated heterocycles. The highest BCUT2D eigenvalue weighted by Gasteiger charge is 2.47. The minimum absolute atomic E-state index is 0.0677. The SMILES string of the molecule is N#CC1(NS(=O)(=O)c2ccc3c4c(C5CCN(C(=O)C6CCCN6C(=O)O)CC5)ncnc4n(-c4nnc(C(F)F)s4)c3c2)CC1. The first-order valence-electron chi connectivity index (χ1n) is 14.7. The van der Waals surface area contributed by atoms with Crippen LogP contribution in [0.3, 0.4) is 0 Å². The van der Waals surface area contributed by atoms with Crippen LogP contribution in [0, 0.1) is 11.3 Å². The summed E-state index contributed by atoms with van der Waals surface area (Å²) in [4.78, 5) is 36.7. The molecule has 3 aromatic heterocycles. The van der Waals surface area contributed by atoms with E-state index < -0.39 is 39.1 Å². The van der Waals surface area contributed by atoms with E-state index in [1.54, 1.807) is 11.0 Å². The predicted molar refractivity (Wildman–Crippen MR) is 159 cm³/mol. The monoisotopic (exact) mass is 671 g/mol. The van der Waals surface area contributed by atoms with Crippen molar-refractivity contribution in [1.29, 1.82) is 5.26 Å². The average molecular weight is 672 g/mol. The van der Waals surface area contributed by atoms with Crippen molar-refractivity contribution < 1.29 is 31.9 Å². The molecule has 0 spiro atoms. The van der Waals surface area contributed by atoms with Crippen LogP contribution >= 0.6 is 11.3 Å². The van der Waals surface area contributed by atoms with Gasteiger partial charge < -0.3 is 10.0 Å². The Balaban J connectivity index is 1.27. The topological polar surface area (TPSA) is 187 Å². The number of alkyl halides is 2. The number of nitriles is 1. The number of fused-ring (bicyclic) bond motifs is 3. The molecule has 18 heteroatoms. The lowest BCUT2D eigenvalue weighted by Gasteiger charge is -2.35. The fourth-order valence-corrected chi connectivity index (χ4v) is 8.54. The molecule has 0 bridgehead atoms.